The second-order valence-corrected chi connectivity index (χ2v) is 9.21. The molecule has 0 spiro atoms. The van der Waals surface area contributed by atoms with Crippen molar-refractivity contribution in [1.29, 1.82) is 5.26 Å². The highest BCUT2D eigenvalue weighted by molar-refractivity contribution is 7.89. The van der Waals surface area contributed by atoms with E-state index < -0.39 is 21.8 Å². The fourth-order valence-electron chi connectivity index (χ4n) is 3.30. The van der Waals surface area contributed by atoms with Crippen LogP contribution in [-0.4, -0.2) is 32.4 Å². The van der Waals surface area contributed by atoms with Crippen LogP contribution in [0.1, 0.15) is 29.7 Å². The quantitative estimate of drug-likeness (QED) is 0.779. The molecule has 7 nitrogen and oxygen atoms in total. The van der Waals surface area contributed by atoms with Crippen molar-refractivity contribution in [3.63, 3.8) is 0 Å². The number of nitrogens with one attached hydrogen (secondary N) is 1. The first kappa shape index (κ1) is 21.1. The molecule has 0 radical (unpaired) electrons. The molecule has 0 bridgehead atoms. The van der Waals surface area contributed by atoms with Crippen LogP contribution in [0.3, 0.4) is 0 Å². The number of hydrogen-bond acceptors (Lipinski definition) is 6. The summed E-state index contributed by atoms with van der Waals surface area (Å²) in [5.74, 6) is -0.562. The fraction of sp³-hybridized carbons (Fsp3) is 0.350. The fourth-order valence-corrected chi connectivity index (χ4v) is 4.60. The molecule has 1 N–H and O–H groups in total. The van der Waals surface area contributed by atoms with Crippen LogP contribution < -0.4 is 9.62 Å². The second kappa shape index (κ2) is 8.80. The van der Waals surface area contributed by atoms with Crippen molar-refractivity contribution in [2.45, 2.75) is 25.5 Å². The minimum absolute atomic E-state index is 0.284. The number of carbonyl (C=O) groups is 1. The first-order valence-electron chi connectivity index (χ1n) is 9.19. The monoisotopic (exact) mass is 432 g/mol. The van der Waals surface area contributed by atoms with Gasteiger partial charge >= 0.3 is 0 Å². The predicted octanol–water partition coefficient (Wildman–Crippen LogP) is 2.78. The number of aromatic nitrogens is 1. The Labute approximate surface area is 175 Å². The van der Waals surface area contributed by atoms with Gasteiger partial charge in [0.1, 0.15) is 11.9 Å². The molecule has 29 heavy (non-hydrogen) atoms. The van der Waals surface area contributed by atoms with Crippen molar-refractivity contribution in [1.82, 2.24) is 9.71 Å². The Morgan fingerprint density at radius 3 is 2.52 bits per heavy atom. The molecule has 1 aromatic heterocycles. The average molecular weight is 433 g/mol. The van der Waals surface area contributed by atoms with Crippen LogP contribution in [0.2, 0.25) is 5.02 Å². The normalized spacial score (nSPS) is 15.0. The Hall–Kier alpha value is -2.63. The average Bonchev–Trinajstić information content (AvgIpc) is 2.69. The summed E-state index contributed by atoms with van der Waals surface area (Å²) < 4.78 is 26.8. The lowest BCUT2D eigenvalue weighted by atomic mass is 9.96. The molecule has 0 atom stereocenters. The zero-order chi connectivity index (χ0) is 21.0. The van der Waals surface area contributed by atoms with Gasteiger partial charge in [-0.25, -0.2) is 13.4 Å². The van der Waals surface area contributed by atoms with Crippen LogP contribution in [0.25, 0.3) is 0 Å². The number of carbonyl (C=O) groups excluding carboxylic acids is 1. The number of nitrogens with zero attached hydrogens (tertiary/aromatic N) is 3. The Morgan fingerprint density at radius 2 is 1.90 bits per heavy atom. The summed E-state index contributed by atoms with van der Waals surface area (Å²) in [6, 6.07) is 12.1. The highest BCUT2D eigenvalue weighted by atomic mass is 35.5. The summed E-state index contributed by atoms with van der Waals surface area (Å²) in [6.07, 6.45) is 0.978. The van der Waals surface area contributed by atoms with Gasteiger partial charge in [0, 0.05) is 29.7 Å². The molecule has 1 fully saturated rings. The van der Waals surface area contributed by atoms with Gasteiger partial charge in [-0.05, 0) is 49.6 Å². The van der Waals surface area contributed by atoms with Crippen molar-refractivity contribution in [3.05, 3.63) is 58.2 Å². The number of hydrogen-bond donors (Lipinski definition) is 1. The Kier molecular flexibility index (Phi) is 6.40. The molecule has 1 amide bonds. The van der Waals surface area contributed by atoms with Gasteiger partial charge in [-0.2, -0.15) is 5.26 Å². The molecule has 3 rings (SSSR count). The number of benzene rings is 1. The molecular formula is C20H21ClN4O3S. The standard InChI is InChI=1S/C20H21ClN4O3S/c1-14-2-5-17(12-22)19(23-14)25-10-8-16(9-11-25)20(26)24-29(27,28)13-15-3-6-18(21)7-4-15/h2-7,16H,8-11,13H2,1H3,(H,24,26). The molecule has 1 aliphatic heterocycles. The topological polar surface area (TPSA) is 103 Å². The number of piperidine rings is 1. The van der Waals surface area contributed by atoms with Gasteiger partial charge < -0.3 is 4.90 Å². The maximum Gasteiger partial charge on any atom is 0.239 e. The third-order valence-corrected chi connectivity index (χ3v) is 6.30. The van der Waals surface area contributed by atoms with Crippen LogP contribution in [0, 0.1) is 24.2 Å². The molecule has 0 aliphatic carbocycles. The molecule has 1 saturated heterocycles. The number of halogens is 1. The van der Waals surface area contributed by atoms with Gasteiger partial charge in [0.15, 0.2) is 0 Å². The lowest BCUT2D eigenvalue weighted by Gasteiger charge is -2.32. The summed E-state index contributed by atoms with van der Waals surface area (Å²) >= 11 is 5.81. The van der Waals surface area contributed by atoms with Crippen molar-refractivity contribution < 1.29 is 13.2 Å². The highest BCUT2D eigenvalue weighted by Crippen LogP contribution is 2.25. The Balaban J connectivity index is 1.59. The third-order valence-electron chi connectivity index (χ3n) is 4.83. The smallest absolute Gasteiger partial charge is 0.239 e. The number of anilines is 1. The van der Waals surface area contributed by atoms with Gasteiger partial charge in [-0.1, -0.05) is 23.7 Å². The lowest BCUT2D eigenvalue weighted by molar-refractivity contribution is -0.123. The maximum absolute atomic E-state index is 12.5. The van der Waals surface area contributed by atoms with Gasteiger partial charge in [0.25, 0.3) is 0 Å². The number of rotatable bonds is 5. The summed E-state index contributed by atoms with van der Waals surface area (Å²) in [4.78, 5) is 18.9. The van der Waals surface area contributed by atoms with Crippen LogP contribution in [0.15, 0.2) is 36.4 Å². The van der Waals surface area contributed by atoms with Crippen molar-refractivity contribution in [3.8, 4) is 6.07 Å². The first-order valence-corrected chi connectivity index (χ1v) is 11.2. The van der Waals surface area contributed by atoms with E-state index in [9.17, 15) is 18.5 Å². The number of sulfonamides is 1. The van der Waals surface area contributed by atoms with Crippen molar-refractivity contribution in [2.24, 2.45) is 5.92 Å². The first-order chi connectivity index (χ1) is 13.8. The van der Waals surface area contributed by atoms with Crippen LogP contribution >= 0.6 is 11.6 Å². The zero-order valence-corrected chi connectivity index (χ0v) is 17.5. The minimum atomic E-state index is -3.79. The molecular weight excluding hydrogens is 412 g/mol. The molecule has 0 unspecified atom stereocenters. The summed E-state index contributed by atoms with van der Waals surface area (Å²) in [7, 11) is -3.79. The Bertz CT molecular complexity index is 1040. The van der Waals surface area contributed by atoms with E-state index in [1.807, 2.05) is 11.8 Å². The van der Waals surface area contributed by atoms with Crippen molar-refractivity contribution in [2.75, 3.05) is 18.0 Å². The molecule has 2 aromatic rings. The highest BCUT2D eigenvalue weighted by Gasteiger charge is 2.29. The van der Waals surface area contributed by atoms with Gasteiger partial charge in [0.2, 0.25) is 15.9 Å². The zero-order valence-electron chi connectivity index (χ0n) is 15.9. The van der Waals surface area contributed by atoms with Gasteiger partial charge in [0.05, 0.1) is 11.3 Å². The molecule has 1 aromatic carbocycles. The predicted molar refractivity (Wildman–Crippen MR) is 111 cm³/mol. The second-order valence-electron chi connectivity index (χ2n) is 7.05. The maximum atomic E-state index is 12.5. The molecule has 1 aliphatic rings. The van der Waals surface area contributed by atoms with E-state index >= 15 is 0 Å². The number of aryl methyl sites for hydroxylation is 1. The van der Waals surface area contributed by atoms with E-state index in [0.717, 1.165) is 5.69 Å². The van der Waals surface area contributed by atoms with E-state index in [2.05, 4.69) is 15.8 Å². The van der Waals surface area contributed by atoms with Gasteiger partial charge in [-0.15, -0.1) is 0 Å². The largest absolute Gasteiger partial charge is 0.355 e. The number of pyridine rings is 1. The number of nitriles is 1. The lowest BCUT2D eigenvalue weighted by Crippen LogP contribution is -2.43. The van der Waals surface area contributed by atoms with Crippen LogP contribution in [-0.2, 0) is 20.6 Å². The minimum Gasteiger partial charge on any atom is -0.355 e. The molecule has 9 heteroatoms. The van der Waals surface area contributed by atoms with E-state index in [-0.39, 0.29) is 5.75 Å². The third kappa shape index (κ3) is 5.46. The number of amides is 1. The summed E-state index contributed by atoms with van der Waals surface area (Å²) in [6.45, 7) is 2.91. The summed E-state index contributed by atoms with van der Waals surface area (Å²) in [5, 5.41) is 9.81. The van der Waals surface area contributed by atoms with Crippen LogP contribution in [0.4, 0.5) is 5.82 Å². The van der Waals surface area contributed by atoms with Crippen LogP contribution in [0.5, 0.6) is 0 Å². The van der Waals surface area contributed by atoms with E-state index in [1.165, 1.54) is 0 Å². The van der Waals surface area contributed by atoms with E-state index in [0.29, 0.717) is 47.9 Å². The van der Waals surface area contributed by atoms with Gasteiger partial charge in [-0.3, -0.25) is 9.52 Å². The molecule has 152 valence electrons. The Morgan fingerprint density at radius 1 is 1.24 bits per heavy atom. The van der Waals surface area contributed by atoms with E-state index in [4.69, 9.17) is 11.6 Å². The van der Waals surface area contributed by atoms with Crippen molar-refractivity contribution >= 4 is 33.3 Å². The molecule has 2 heterocycles. The van der Waals surface area contributed by atoms with E-state index in [1.54, 1.807) is 36.4 Å². The molecule has 0 saturated carbocycles. The SMILES string of the molecule is Cc1ccc(C#N)c(N2CCC(C(=O)NS(=O)(=O)Cc3ccc(Cl)cc3)CC2)n1. The summed E-state index contributed by atoms with van der Waals surface area (Å²) in [5.41, 5.74) is 1.86.